The van der Waals surface area contributed by atoms with E-state index >= 15 is 0 Å². The largest absolute Gasteiger partial charge is 0.309 e. The van der Waals surface area contributed by atoms with Crippen molar-refractivity contribution in [3.05, 3.63) is 45.7 Å². The van der Waals surface area contributed by atoms with Gasteiger partial charge in [0.15, 0.2) is 0 Å². The van der Waals surface area contributed by atoms with Gasteiger partial charge in [-0.15, -0.1) is 0 Å². The molecule has 0 aliphatic heterocycles. The maximum atomic E-state index is 5.92. The summed E-state index contributed by atoms with van der Waals surface area (Å²) in [7, 11) is 0. The number of benzene rings is 1. The predicted molar refractivity (Wildman–Crippen MR) is 78.2 cm³/mol. The highest BCUT2D eigenvalue weighted by molar-refractivity contribution is 9.10. The molecular weight excluding hydrogens is 314 g/mol. The van der Waals surface area contributed by atoms with Crippen LogP contribution in [0.4, 0.5) is 0 Å². The molecule has 0 unspecified atom stereocenters. The molecule has 1 aromatic carbocycles. The maximum Gasteiger partial charge on any atom is 0.0788 e. The van der Waals surface area contributed by atoms with Gasteiger partial charge in [0.05, 0.1) is 11.4 Å². The van der Waals surface area contributed by atoms with Crippen LogP contribution in [0.25, 0.3) is 5.69 Å². The molecule has 96 valence electrons. The number of hydrogen-bond donors (Lipinski definition) is 1. The summed E-state index contributed by atoms with van der Waals surface area (Å²) < 4.78 is 2.78. The Morgan fingerprint density at radius 2 is 2.17 bits per heavy atom. The zero-order valence-electron chi connectivity index (χ0n) is 10.3. The van der Waals surface area contributed by atoms with Crippen LogP contribution in [-0.4, -0.2) is 15.8 Å². The van der Waals surface area contributed by atoms with Crippen molar-refractivity contribution >= 4 is 27.5 Å². The molecule has 0 saturated heterocycles. The summed E-state index contributed by atoms with van der Waals surface area (Å²) >= 11 is 9.42. The molecule has 3 nitrogen and oxygen atoms in total. The van der Waals surface area contributed by atoms with Crippen molar-refractivity contribution in [2.24, 2.45) is 0 Å². The molecule has 0 saturated carbocycles. The zero-order valence-corrected chi connectivity index (χ0v) is 12.7. The van der Waals surface area contributed by atoms with Crippen LogP contribution in [0, 0.1) is 0 Å². The van der Waals surface area contributed by atoms with Crippen LogP contribution < -0.4 is 5.32 Å². The van der Waals surface area contributed by atoms with Gasteiger partial charge >= 0.3 is 0 Å². The molecule has 1 aromatic heterocycles. The third-order valence-corrected chi connectivity index (χ3v) is 3.36. The second kappa shape index (κ2) is 5.87. The lowest BCUT2D eigenvalue weighted by Gasteiger charge is -2.06. The Morgan fingerprint density at radius 3 is 2.83 bits per heavy atom. The van der Waals surface area contributed by atoms with Gasteiger partial charge in [0.25, 0.3) is 0 Å². The molecule has 1 heterocycles. The number of nitrogens with zero attached hydrogens (tertiary/aromatic N) is 2. The van der Waals surface area contributed by atoms with Crippen molar-refractivity contribution < 1.29 is 0 Å². The maximum absolute atomic E-state index is 5.92. The number of hydrogen-bond acceptors (Lipinski definition) is 2. The fraction of sp³-hybridized carbons (Fsp3) is 0.308. The quantitative estimate of drug-likeness (QED) is 0.925. The molecule has 5 heteroatoms. The van der Waals surface area contributed by atoms with E-state index in [2.05, 4.69) is 40.2 Å². The third kappa shape index (κ3) is 3.34. The van der Waals surface area contributed by atoms with E-state index in [1.807, 2.05) is 35.1 Å². The van der Waals surface area contributed by atoms with E-state index in [0.717, 1.165) is 22.4 Å². The Labute approximate surface area is 120 Å². The Balaban J connectivity index is 2.18. The van der Waals surface area contributed by atoms with Crippen LogP contribution >= 0.6 is 27.5 Å². The monoisotopic (exact) mass is 327 g/mol. The first-order valence-electron chi connectivity index (χ1n) is 5.79. The van der Waals surface area contributed by atoms with E-state index < -0.39 is 0 Å². The molecule has 2 aromatic rings. The molecule has 0 atom stereocenters. The van der Waals surface area contributed by atoms with E-state index in [1.54, 1.807) is 0 Å². The molecule has 0 aliphatic carbocycles. The first-order chi connectivity index (χ1) is 8.56. The molecule has 18 heavy (non-hydrogen) atoms. The van der Waals surface area contributed by atoms with Gasteiger partial charge in [-0.2, -0.15) is 5.10 Å². The van der Waals surface area contributed by atoms with Crippen LogP contribution in [0.5, 0.6) is 0 Å². The minimum Gasteiger partial charge on any atom is -0.309 e. The van der Waals surface area contributed by atoms with Crippen molar-refractivity contribution in [3.8, 4) is 5.69 Å². The highest BCUT2D eigenvalue weighted by Gasteiger charge is 2.06. The van der Waals surface area contributed by atoms with E-state index in [-0.39, 0.29) is 0 Å². The predicted octanol–water partition coefficient (Wildman–Crippen LogP) is 3.79. The van der Waals surface area contributed by atoms with Crippen molar-refractivity contribution in [1.82, 2.24) is 15.1 Å². The van der Waals surface area contributed by atoms with E-state index in [0.29, 0.717) is 11.1 Å². The van der Waals surface area contributed by atoms with E-state index in [1.165, 1.54) is 0 Å². The summed E-state index contributed by atoms with van der Waals surface area (Å²) in [5.74, 6) is 0. The normalized spacial score (nSPS) is 11.2. The SMILES string of the molecule is CC(C)NCc1ccn(-c2ccc(Cl)cc2Br)n1. The molecule has 1 N–H and O–H groups in total. The van der Waals surface area contributed by atoms with Gasteiger partial charge in [-0.25, -0.2) is 4.68 Å². The molecule has 2 rings (SSSR count). The topological polar surface area (TPSA) is 29.9 Å². The van der Waals surface area contributed by atoms with Gasteiger partial charge in [-0.1, -0.05) is 25.4 Å². The fourth-order valence-electron chi connectivity index (χ4n) is 1.57. The molecule has 0 radical (unpaired) electrons. The van der Waals surface area contributed by atoms with Gasteiger partial charge < -0.3 is 5.32 Å². The van der Waals surface area contributed by atoms with Gasteiger partial charge in [-0.3, -0.25) is 0 Å². The average Bonchev–Trinajstić information content (AvgIpc) is 2.75. The third-order valence-electron chi connectivity index (χ3n) is 2.49. The molecule has 0 fully saturated rings. The van der Waals surface area contributed by atoms with Crippen LogP contribution in [0.2, 0.25) is 5.02 Å². The lowest BCUT2D eigenvalue weighted by molar-refractivity contribution is 0.578. The lowest BCUT2D eigenvalue weighted by atomic mass is 10.3. The number of halogens is 2. The lowest BCUT2D eigenvalue weighted by Crippen LogP contribution is -2.22. The van der Waals surface area contributed by atoms with E-state index in [9.17, 15) is 0 Å². The first kappa shape index (κ1) is 13.6. The standard InChI is InChI=1S/C13H15BrClN3/c1-9(2)16-8-11-5-6-18(17-11)13-4-3-10(15)7-12(13)14/h3-7,9,16H,8H2,1-2H3. The molecule has 0 aliphatic rings. The van der Waals surface area contributed by atoms with Crippen LogP contribution in [-0.2, 0) is 6.54 Å². The van der Waals surface area contributed by atoms with Crippen molar-refractivity contribution in [3.63, 3.8) is 0 Å². The van der Waals surface area contributed by atoms with Crippen molar-refractivity contribution in [1.29, 1.82) is 0 Å². The average molecular weight is 329 g/mol. The Bertz CT molecular complexity index is 537. The summed E-state index contributed by atoms with van der Waals surface area (Å²) in [6.07, 6.45) is 1.95. The highest BCUT2D eigenvalue weighted by atomic mass is 79.9. The van der Waals surface area contributed by atoms with Gasteiger partial charge in [0, 0.05) is 28.3 Å². The summed E-state index contributed by atoms with van der Waals surface area (Å²) in [6, 6.07) is 8.13. The summed E-state index contributed by atoms with van der Waals surface area (Å²) in [5, 5.41) is 8.57. The van der Waals surface area contributed by atoms with Gasteiger partial charge in [-0.05, 0) is 40.2 Å². The smallest absolute Gasteiger partial charge is 0.0788 e. The minimum absolute atomic E-state index is 0.456. The summed E-state index contributed by atoms with van der Waals surface area (Å²) in [5.41, 5.74) is 2.00. The van der Waals surface area contributed by atoms with Crippen LogP contribution in [0.15, 0.2) is 34.9 Å². The Hall–Kier alpha value is -0.840. The highest BCUT2D eigenvalue weighted by Crippen LogP contribution is 2.24. The summed E-state index contributed by atoms with van der Waals surface area (Å²) in [4.78, 5) is 0. The summed E-state index contributed by atoms with van der Waals surface area (Å²) in [6.45, 7) is 5.01. The van der Waals surface area contributed by atoms with E-state index in [4.69, 9.17) is 11.6 Å². The van der Waals surface area contributed by atoms with Crippen LogP contribution in [0.1, 0.15) is 19.5 Å². The van der Waals surface area contributed by atoms with Crippen molar-refractivity contribution in [2.45, 2.75) is 26.4 Å². The van der Waals surface area contributed by atoms with Gasteiger partial charge in [0.2, 0.25) is 0 Å². The zero-order chi connectivity index (χ0) is 13.1. The molecule has 0 amide bonds. The second-order valence-corrected chi connectivity index (χ2v) is 5.67. The van der Waals surface area contributed by atoms with Crippen LogP contribution in [0.3, 0.4) is 0 Å². The second-order valence-electron chi connectivity index (χ2n) is 4.38. The number of nitrogens with one attached hydrogen (secondary N) is 1. The fourth-order valence-corrected chi connectivity index (χ4v) is 2.43. The number of aromatic nitrogens is 2. The number of rotatable bonds is 4. The van der Waals surface area contributed by atoms with Gasteiger partial charge in [0.1, 0.15) is 0 Å². The molecular formula is C13H15BrClN3. The Kier molecular flexibility index (Phi) is 4.43. The van der Waals surface area contributed by atoms with Crippen molar-refractivity contribution in [2.75, 3.05) is 0 Å². The Morgan fingerprint density at radius 1 is 1.39 bits per heavy atom. The first-order valence-corrected chi connectivity index (χ1v) is 6.96. The molecule has 0 bridgehead atoms. The minimum atomic E-state index is 0.456. The molecule has 0 spiro atoms.